The molecule has 0 amide bonds. The van der Waals surface area contributed by atoms with Gasteiger partial charge in [0.15, 0.2) is 5.75 Å². The molecule has 1 aromatic carbocycles. The van der Waals surface area contributed by atoms with Gasteiger partial charge in [0.25, 0.3) is 0 Å². The number of methoxy groups -OCH3 is 1. The average Bonchev–Trinajstić information content (AvgIpc) is 2.47. The average molecular weight is 299 g/mol. The van der Waals surface area contributed by atoms with Crippen molar-refractivity contribution in [2.75, 3.05) is 26.7 Å². The molecule has 1 aliphatic heterocycles. The minimum Gasteiger partial charge on any atom is -0.490 e. The number of rotatable bonds is 5. The standard InChI is InChI=1S/C14H19ClN2O3/c1-20-14-6-5-11(9-13(14)17(18)19)12(15)10-16-7-3-2-4-8-16/h5-6,9,12H,2-4,7-8,10H2,1H3. The summed E-state index contributed by atoms with van der Waals surface area (Å²) >= 11 is 6.41. The fraction of sp³-hybridized carbons (Fsp3) is 0.571. The highest BCUT2D eigenvalue weighted by Crippen LogP contribution is 2.32. The number of likely N-dealkylation sites (tertiary alicyclic amines) is 1. The Balaban J connectivity index is 2.10. The second-order valence-electron chi connectivity index (χ2n) is 5.02. The molecule has 0 radical (unpaired) electrons. The topological polar surface area (TPSA) is 55.6 Å². The minimum atomic E-state index is -0.438. The fourth-order valence-electron chi connectivity index (χ4n) is 2.52. The van der Waals surface area contributed by atoms with Crippen LogP contribution in [0.2, 0.25) is 0 Å². The van der Waals surface area contributed by atoms with Crippen LogP contribution < -0.4 is 4.74 Å². The second kappa shape index (κ2) is 6.90. The van der Waals surface area contributed by atoms with Crippen molar-refractivity contribution in [3.63, 3.8) is 0 Å². The number of benzene rings is 1. The van der Waals surface area contributed by atoms with Crippen molar-refractivity contribution in [3.05, 3.63) is 33.9 Å². The van der Waals surface area contributed by atoms with Gasteiger partial charge in [-0.15, -0.1) is 11.6 Å². The highest BCUT2D eigenvalue weighted by Gasteiger charge is 2.21. The fourth-order valence-corrected chi connectivity index (χ4v) is 2.85. The summed E-state index contributed by atoms with van der Waals surface area (Å²) in [5, 5.41) is 10.8. The van der Waals surface area contributed by atoms with Gasteiger partial charge in [0.1, 0.15) is 0 Å². The molecule has 0 N–H and O–H groups in total. The van der Waals surface area contributed by atoms with Gasteiger partial charge in [0, 0.05) is 12.6 Å². The van der Waals surface area contributed by atoms with E-state index in [0.29, 0.717) is 0 Å². The molecule has 1 unspecified atom stereocenters. The molecule has 5 nitrogen and oxygen atoms in total. The number of hydrogen-bond donors (Lipinski definition) is 0. The Bertz CT molecular complexity index is 475. The molecule has 1 aromatic rings. The molecule has 6 heteroatoms. The lowest BCUT2D eigenvalue weighted by atomic mass is 10.1. The van der Waals surface area contributed by atoms with Crippen LogP contribution in [0.1, 0.15) is 30.2 Å². The third-order valence-electron chi connectivity index (χ3n) is 3.63. The van der Waals surface area contributed by atoms with Crippen molar-refractivity contribution in [2.24, 2.45) is 0 Å². The maximum absolute atomic E-state index is 11.0. The summed E-state index contributed by atoms with van der Waals surface area (Å²) < 4.78 is 5.00. The van der Waals surface area contributed by atoms with Crippen LogP contribution in [0.5, 0.6) is 5.75 Å². The Labute approximate surface area is 123 Å². The van der Waals surface area contributed by atoms with Crippen LogP contribution in [-0.4, -0.2) is 36.6 Å². The van der Waals surface area contributed by atoms with Gasteiger partial charge < -0.3 is 9.64 Å². The highest BCUT2D eigenvalue weighted by atomic mass is 35.5. The summed E-state index contributed by atoms with van der Waals surface area (Å²) in [6.45, 7) is 2.84. The Kier molecular flexibility index (Phi) is 5.20. The van der Waals surface area contributed by atoms with Crippen molar-refractivity contribution < 1.29 is 9.66 Å². The summed E-state index contributed by atoms with van der Waals surface area (Å²) in [5.41, 5.74) is 0.735. The molecule has 1 atom stereocenters. The summed E-state index contributed by atoms with van der Waals surface area (Å²) in [6.07, 6.45) is 3.68. The van der Waals surface area contributed by atoms with Gasteiger partial charge in [-0.3, -0.25) is 10.1 Å². The summed E-state index contributed by atoms with van der Waals surface area (Å²) in [6, 6.07) is 4.92. The maximum atomic E-state index is 11.0. The van der Waals surface area contributed by atoms with Crippen LogP contribution in [0.3, 0.4) is 0 Å². The van der Waals surface area contributed by atoms with Crippen LogP contribution in [0, 0.1) is 10.1 Å². The van der Waals surface area contributed by atoms with Gasteiger partial charge >= 0.3 is 5.69 Å². The molecule has 1 aliphatic rings. The lowest BCUT2D eigenvalue weighted by Gasteiger charge is -2.28. The highest BCUT2D eigenvalue weighted by molar-refractivity contribution is 6.21. The Morgan fingerprint density at radius 2 is 2.10 bits per heavy atom. The van der Waals surface area contributed by atoms with E-state index in [1.54, 1.807) is 12.1 Å². The zero-order valence-corrected chi connectivity index (χ0v) is 12.3. The quantitative estimate of drug-likeness (QED) is 0.475. The lowest BCUT2D eigenvalue weighted by molar-refractivity contribution is -0.385. The van der Waals surface area contributed by atoms with E-state index in [2.05, 4.69) is 4.90 Å². The monoisotopic (exact) mass is 298 g/mol. The van der Waals surface area contributed by atoms with E-state index in [-0.39, 0.29) is 16.8 Å². The van der Waals surface area contributed by atoms with Crippen LogP contribution >= 0.6 is 11.6 Å². The molecule has 20 heavy (non-hydrogen) atoms. The van der Waals surface area contributed by atoms with E-state index in [0.717, 1.165) is 25.2 Å². The number of nitrogens with zero attached hydrogens (tertiary/aromatic N) is 2. The van der Waals surface area contributed by atoms with Crippen molar-refractivity contribution in [3.8, 4) is 5.75 Å². The van der Waals surface area contributed by atoms with E-state index >= 15 is 0 Å². The molecule has 0 saturated carbocycles. The molecular weight excluding hydrogens is 280 g/mol. The summed E-state index contributed by atoms with van der Waals surface area (Å²) in [7, 11) is 1.42. The van der Waals surface area contributed by atoms with E-state index in [4.69, 9.17) is 16.3 Å². The molecule has 0 bridgehead atoms. The van der Waals surface area contributed by atoms with Crippen molar-refractivity contribution in [1.82, 2.24) is 4.90 Å². The molecular formula is C14H19ClN2O3. The Hall–Kier alpha value is -1.33. The number of alkyl halides is 1. The van der Waals surface area contributed by atoms with Gasteiger partial charge in [0.05, 0.1) is 17.4 Å². The van der Waals surface area contributed by atoms with Crippen LogP contribution in [0.25, 0.3) is 0 Å². The number of halogens is 1. The van der Waals surface area contributed by atoms with Crippen molar-refractivity contribution in [2.45, 2.75) is 24.6 Å². The summed E-state index contributed by atoms with van der Waals surface area (Å²) in [5.74, 6) is 0.264. The van der Waals surface area contributed by atoms with E-state index in [1.165, 1.54) is 32.4 Å². The van der Waals surface area contributed by atoms with Crippen LogP contribution in [0.4, 0.5) is 5.69 Å². The maximum Gasteiger partial charge on any atom is 0.311 e. The van der Waals surface area contributed by atoms with Gasteiger partial charge in [-0.2, -0.15) is 0 Å². The van der Waals surface area contributed by atoms with E-state index in [9.17, 15) is 10.1 Å². The molecule has 1 heterocycles. The van der Waals surface area contributed by atoms with Crippen molar-refractivity contribution >= 4 is 17.3 Å². The van der Waals surface area contributed by atoms with Gasteiger partial charge in [-0.1, -0.05) is 12.5 Å². The predicted molar refractivity (Wildman–Crippen MR) is 78.5 cm³/mol. The Morgan fingerprint density at radius 1 is 1.40 bits per heavy atom. The van der Waals surface area contributed by atoms with Gasteiger partial charge in [-0.05, 0) is 37.6 Å². The Morgan fingerprint density at radius 3 is 2.70 bits per heavy atom. The third-order valence-corrected chi connectivity index (χ3v) is 4.02. The molecule has 0 aliphatic carbocycles. The first-order chi connectivity index (χ1) is 9.61. The van der Waals surface area contributed by atoms with Gasteiger partial charge in [-0.25, -0.2) is 0 Å². The number of nitro benzene ring substituents is 1. The lowest BCUT2D eigenvalue weighted by Crippen LogP contribution is -2.32. The van der Waals surface area contributed by atoms with Crippen LogP contribution in [-0.2, 0) is 0 Å². The zero-order valence-electron chi connectivity index (χ0n) is 11.5. The first-order valence-electron chi connectivity index (χ1n) is 6.80. The molecule has 1 fully saturated rings. The number of nitro groups is 1. The predicted octanol–water partition coefficient (Wildman–Crippen LogP) is 3.37. The summed E-state index contributed by atoms with van der Waals surface area (Å²) in [4.78, 5) is 12.9. The largest absolute Gasteiger partial charge is 0.490 e. The normalized spacial score (nSPS) is 17.7. The molecule has 2 rings (SSSR count). The van der Waals surface area contributed by atoms with E-state index < -0.39 is 4.92 Å². The second-order valence-corrected chi connectivity index (χ2v) is 5.54. The molecule has 1 saturated heterocycles. The first-order valence-corrected chi connectivity index (χ1v) is 7.24. The number of hydrogen-bond acceptors (Lipinski definition) is 4. The SMILES string of the molecule is COc1ccc(C(Cl)CN2CCCCC2)cc1[N+](=O)[O-]. The third kappa shape index (κ3) is 3.61. The van der Waals surface area contributed by atoms with Gasteiger partial charge in [0.2, 0.25) is 0 Å². The first kappa shape index (κ1) is 15.1. The molecule has 0 aromatic heterocycles. The number of piperidine rings is 1. The van der Waals surface area contributed by atoms with Crippen LogP contribution in [0.15, 0.2) is 18.2 Å². The molecule has 110 valence electrons. The number of ether oxygens (including phenoxy) is 1. The van der Waals surface area contributed by atoms with Crippen molar-refractivity contribution in [1.29, 1.82) is 0 Å². The zero-order chi connectivity index (χ0) is 14.5. The van der Waals surface area contributed by atoms with E-state index in [1.807, 2.05) is 0 Å². The minimum absolute atomic E-state index is 0.0331. The smallest absolute Gasteiger partial charge is 0.311 e. The molecule has 0 spiro atoms.